The van der Waals surface area contributed by atoms with Gasteiger partial charge in [-0.3, -0.25) is 4.79 Å². The van der Waals surface area contributed by atoms with Gasteiger partial charge in [-0.05, 0) is 18.2 Å². The summed E-state index contributed by atoms with van der Waals surface area (Å²) in [6.07, 6.45) is 0. The summed E-state index contributed by atoms with van der Waals surface area (Å²) < 4.78 is 10.7. The molecule has 0 saturated carbocycles. The maximum atomic E-state index is 12.6. The van der Waals surface area contributed by atoms with Crippen molar-refractivity contribution < 1.29 is 29.6 Å². The number of fused-ring (bicyclic) bond motifs is 1. The van der Waals surface area contributed by atoms with Gasteiger partial charge in [-0.15, -0.1) is 0 Å². The van der Waals surface area contributed by atoms with Gasteiger partial charge in [0.15, 0.2) is 23.3 Å². The molecule has 0 amide bonds. The molecular weight excluding hydrogens is 340 g/mol. The van der Waals surface area contributed by atoms with E-state index < -0.39 is 16.9 Å². The third-order valence-electron chi connectivity index (χ3n) is 3.35. The Balaban J connectivity index is 2.39. The number of halogens is 1. The molecule has 0 aliphatic rings. The molecule has 24 heavy (non-hydrogen) atoms. The van der Waals surface area contributed by atoms with Crippen molar-refractivity contribution in [2.75, 3.05) is 6.07 Å². The highest BCUT2D eigenvalue weighted by Crippen LogP contribution is 2.38. The standard InChI is InChI=1S/C16H11ClO7/c17-6-23-16-14(22)13-11(21)4-8(18)5-12(13)24-15(16)7-1-2-9(19)10(20)3-7/h1-5,18-21H,6H2. The number of ether oxygens (including phenoxy) is 1. The Morgan fingerprint density at radius 3 is 2.42 bits per heavy atom. The molecule has 0 unspecified atom stereocenters. The summed E-state index contributed by atoms with van der Waals surface area (Å²) in [6.45, 7) is 0. The van der Waals surface area contributed by atoms with Crippen LogP contribution in [0.15, 0.2) is 39.5 Å². The second-order valence-electron chi connectivity index (χ2n) is 4.88. The zero-order valence-corrected chi connectivity index (χ0v) is 12.7. The van der Waals surface area contributed by atoms with Gasteiger partial charge in [0.2, 0.25) is 11.2 Å². The minimum Gasteiger partial charge on any atom is -0.508 e. The molecule has 0 aliphatic heterocycles. The SMILES string of the molecule is O=c1c(OCCl)c(-c2ccc(O)c(O)c2)oc2cc(O)cc(O)c12. The molecule has 0 bridgehead atoms. The zero-order valence-electron chi connectivity index (χ0n) is 12.0. The van der Waals surface area contributed by atoms with Crippen LogP contribution in [0.25, 0.3) is 22.3 Å². The fourth-order valence-electron chi connectivity index (χ4n) is 2.31. The summed E-state index contributed by atoms with van der Waals surface area (Å²) in [7, 11) is 0. The number of hydrogen-bond acceptors (Lipinski definition) is 7. The molecule has 0 saturated heterocycles. The summed E-state index contributed by atoms with van der Waals surface area (Å²) in [4.78, 5) is 12.6. The molecule has 3 aromatic rings. The van der Waals surface area contributed by atoms with Crippen molar-refractivity contribution in [3.63, 3.8) is 0 Å². The zero-order chi connectivity index (χ0) is 17.4. The van der Waals surface area contributed by atoms with Crippen LogP contribution in [0.5, 0.6) is 28.7 Å². The van der Waals surface area contributed by atoms with Crippen molar-refractivity contribution in [1.82, 2.24) is 0 Å². The molecule has 0 radical (unpaired) electrons. The van der Waals surface area contributed by atoms with E-state index in [0.29, 0.717) is 0 Å². The van der Waals surface area contributed by atoms with E-state index in [-0.39, 0.29) is 45.6 Å². The summed E-state index contributed by atoms with van der Waals surface area (Å²) in [5.74, 6) is -1.90. The average molecular weight is 351 g/mol. The molecule has 0 atom stereocenters. The van der Waals surface area contributed by atoms with E-state index in [1.54, 1.807) is 0 Å². The molecule has 0 fully saturated rings. The number of aromatic hydroxyl groups is 4. The fourth-order valence-corrected chi connectivity index (χ4v) is 2.42. The second-order valence-corrected chi connectivity index (χ2v) is 5.10. The largest absolute Gasteiger partial charge is 0.508 e. The second kappa shape index (κ2) is 5.86. The van der Waals surface area contributed by atoms with E-state index in [4.69, 9.17) is 20.8 Å². The first-order valence-corrected chi connectivity index (χ1v) is 7.19. The average Bonchev–Trinajstić information content (AvgIpc) is 2.52. The van der Waals surface area contributed by atoms with Gasteiger partial charge in [0, 0.05) is 17.7 Å². The van der Waals surface area contributed by atoms with E-state index in [1.807, 2.05) is 0 Å². The smallest absolute Gasteiger partial charge is 0.239 e. The molecule has 3 rings (SSSR count). The van der Waals surface area contributed by atoms with Crippen LogP contribution >= 0.6 is 11.6 Å². The Morgan fingerprint density at radius 2 is 1.75 bits per heavy atom. The Labute approximate surface area is 139 Å². The van der Waals surface area contributed by atoms with E-state index in [1.165, 1.54) is 18.2 Å². The highest BCUT2D eigenvalue weighted by molar-refractivity contribution is 6.17. The summed E-state index contributed by atoms with van der Waals surface area (Å²) in [5, 5.41) is 38.3. The third-order valence-corrected chi connectivity index (χ3v) is 3.46. The Kier molecular flexibility index (Phi) is 3.86. The molecule has 1 aromatic heterocycles. The van der Waals surface area contributed by atoms with Crippen LogP contribution in [-0.2, 0) is 0 Å². The van der Waals surface area contributed by atoms with Crippen molar-refractivity contribution >= 4 is 22.6 Å². The number of phenols is 4. The minimum absolute atomic E-state index is 0.0755. The molecule has 0 aliphatic carbocycles. The van der Waals surface area contributed by atoms with Crippen LogP contribution in [0.2, 0.25) is 0 Å². The lowest BCUT2D eigenvalue weighted by Crippen LogP contribution is -2.09. The van der Waals surface area contributed by atoms with Crippen LogP contribution in [0.3, 0.4) is 0 Å². The number of benzene rings is 2. The summed E-state index contributed by atoms with van der Waals surface area (Å²) in [6, 6.07) is 5.57. The van der Waals surface area contributed by atoms with Gasteiger partial charge in [-0.25, -0.2) is 0 Å². The number of rotatable bonds is 3. The van der Waals surface area contributed by atoms with Crippen molar-refractivity contribution in [1.29, 1.82) is 0 Å². The van der Waals surface area contributed by atoms with E-state index in [2.05, 4.69) is 0 Å². The first-order valence-electron chi connectivity index (χ1n) is 6.66. The van der Waals surface area contributed by atoms with Gasteiger partial charge < -0.3 is 29.6 Å². The highest BCUT2D eigenvalue weighted by atomic mass is 35.5. The number of hydrogen-bond donors (Lipinski definition) is 4. The van der Waals surface area contributed by atoms with Crippen LogP contribution in [0.4, 0.5) is 0 Å². The van der Waals surface area contributed by atoms with Gasteiger partial charge in [-0.1, -0.05) is 11.6 Å². The molecule has 4 N–H and O–H groups in total. The molecular formula is C16H11ClO7. The topological polar surface area (TPSA) is 120 Å². The predicted octanol–water partition coefficient (Wildman–Crippen LogP) is 2.86. The summed E-state index contributed by atoms with van der Waals surface area (Å²) in [5.41, 5.74) is -0.550. The van der Waals surface area contributed by atoms with Crippen molar-refractivity contribution in [2.24, 2.45) is 0 Å². The van der Waals surface area contributed by atoms with Crippen LogP contribution in [-0.4, -0.2) is 26.5 Å². The number of alkyl halides is 1. The third kappa shape index (κ3) is 2.55. The van der Waals surface area contributed by atoms with Gasteiger partial charge >= 0.3 is 0 Å². The summed E-state index contributed by atoms with van der Waals surface area (Å²) >= 11 is 5.55. The molecule has 2 aromatic carbocycles. The fraction of sp³-hybridized carbons (Fsp3) is 0.0625. The molecule has 124 valence electrons. The quantitative estimate of drug-likeness (QED) is 0.423. The van der Waals surface area contributed by atoms with E-state index in [9.17, 15) is 25.2 Å². The maximum Gasteiger partial charge on any atom is 0.239 e. The lowest BCUT2D eigenvalue weighted by Gasteiger charge is -2.11. The highest BCUT2D eigenvalue weighted by Gasteiger charge is 2.21. The van der Waals surface area contributed by atoms with Gasteiger partial charge in [0.25, 0.3) is 0 Å². The first-order chi connectivity index (χ1) is 11.4. The lowest BCUT2D eigenvalue weighted by atomic mass is 10.1. The van der Waals surface area contributed by atoms with Crippen LogP contribution in [0.1, 0.15) is 0 Å². The normalized spacial score (nSPS) is 10.9. The minimum atomic E-state index is -0.697. The molecule has 7 nitrogen and oxygen atoms in total. The number of phenolic OH excluding ortho intramolecular Hbond substituents is 4. The molecule has 1 heterocycles. The monoisotopic (exact) mass is 350 g/mol. The Bertz CT molecular complexity index is 994. The van der Waals surface area contributed by atoms with Gasteiger partial charge in [-0.2, -0.15) is 0 Å². The first kappa shape index (κ1) is 15.8. The van der Waals surface area contributed by atoms with Crippen molar-refractivity contribution in [3.8, 4) is 40.1 Å². The van der Waals surface area contributed by atoms with Crippen molar-refractivity contribution in [2.45, 2.75) is 0 Å². The Morgan fingerprint density at radius 1 is 1.00 bits per heavy atom. The maximum absolute atomic E-state index is 12.6. The van der Waals surface area contributed by atoms with Crippen LogP contribution < -0.4 is 10.2 Å². The van der Waals surface area contributed by atoms with Gasteiger partial charge in [0.05, 0.1) is 0 Å². The predicted molar refractivity (Wildman–Crippen MR) is 85.9 cm³/mol. The molecule has 0 spiro atoms. The van der Waals surface area contributed by atoms with E-state index >= 15 is 0 Å². The van der Waals surface area contributed by atoms with Crippen molar-refractivity contribution in [3.05, 3.63) is 40.6 Å². The van der Waals surface area contributed by atoms with Crippen LogP contribution in [0, 0.1) is 0 Å². The molecule has 8 heteroatoms. The Hall–Kier alpha value is -3.06. The van der Waals surface area contributed by atoms with E-state index in [0.717, 1.165) is 12.1 Å². The lowest BCUT2D eigenvalue weighted by molar-refractivity contribution is 0.373. The van der Waals surface area contributed by atoms with Gasteiger partial charge in [0.1, 0.15) is 22.5 Å².